The molecular weight excluding hydrogens is 454 g/mol. The molecule has 1 aliphatic rings. The van der Waals surface area contributed by atoms with E-state index in [0.717, 1.165) is 40.8 Å². The average molecular weight is 484 g/mol. The molecule has 184 valence electrons. The SMILES string of the molecule is CCCCc1nc2n(c(=O)c1Cc1ccc(-c3ccccc3-c3nn[nH]n3)cc1)C(C(C)C)C(=O)N2. The number of H-pyrrole nitrogens is 1. The summed E-state index contributed by atoms with van der Waals surface area (Å²) in [4.78, 5) is 31.0. The lowest BCUT2D eigenvalue weighted by molar-refractivity contribution is -0.119. The maximum atomic E-state index is 13.7. The molecule has 0 saturated carbocycles. The van der Waals surface area contributed by atoms with Gasteiger partial charge in [0.05, 0.1) is 5.69 Å². The lowest BCUT2D eigenvalue weighted by Crippen LogP contribution is -2.31. The van der Waals surface area contributed by atoms with Gasteiger partial charge in [-0.2, -0.15) is 5.21 Å². The summed E-state index contributed by atoms with van der Waals surface area (Å²) in [5, 5.41) is 17.2. The fraction of sp³-hybridized carbons (Fsp3) is 0.333. The Morgan fingerprint density at radius 3 is 2.44 bits per heavy atom. The number of aryl methyl sites for hydroxylation is 1. The van der Waals surface area contributed by atoms with Crippen LogP contribution in [-0.2, 0) is 17.6 Å². The van der Waals surface area contributed by atoms with Crippen LogP contribution in [0, 0.1) is 5.92 Å². The van der Waals surface area contributed by atoms with Crippen molar-refractivity contribution in [3.05, 3.63) is 75.7 Å². The molecule has 0 spiro atoms. The van der Waals surface area contributed by atoms with Crippen LogP contribution in [0.3, 0.4) is 0 Å². The molecule has 0 saturated heterocycles. The number of aromatic amines is 1. The number of aromatic nitrogens is 6. The maximum Gasteiger partial charge on any atom is 0.259 e. The topological polar surface area (TPSA) is 118 Å². The highest BCUT2D eigenvalue weighted by Crippen LogP contribution is 2.31. The van der Waals surface area contributed by atoms with Crippen molar-refractivity contribution in [2.75, 3.05) is 5.32 Å². The molecule has 0 bridgehead atoms. The lowest BCUT2D eigenvalue weighted by atomic mass is 9.96. The van der Waals surface area contributed by atoms with Gasteiger partial charge in [0.15, 0.2) is 0 Å². The van der Waals surface area contributed by atoms with Gasteiger partial charge in [-0.25, -0.2) is 4.98 Å². The van der Waals surface area contributed by atoms with Crippen molar-refractivity contribution in [3.63, 3.8) is 0 Å². The van der Waals surface area contributed by atoms with Gasteiger partial charge in [-0.15, -0.1) is 10.2 Å². The van der Waals surface area contributed by atoms with Crippen molar-refractivity contribution in [1.29, 1.82) is 0 Å². The molecule has 4 aromatic rings. The van der Waals surface area contributed by atoms with E-state index in [0.29, 0.717) is 30.2 Å². The molecule has 5 rings (SSSR count). The molecule has 3 heterocycles. The number of nitrogens with zero attached hydrogens (tertiary/aromatic N) is 5. The number of nitrogens with one attached hydrogen (secondary N) is 2. The molecule has 0 aliphatic carbocycles. The van der Waals surface area contributed by atoms with Crippen LogP contribution in [0.25, 0.3) is 22.5 Å². The third-order valence-electron chi connectivity index (χ3n) is 6.63. The minimum Gasteiger partial charge on any atom is -0.294 e. The first kappa shape index (κ1) is 23.6. The zero-order chi connectivity index (χ0) is 25.2. The van der Waals surface area contributed by atoms with E-state index in [1.807, 2.05) is 62.4 Å². The molecule has 2 aromatic carbocycles. The summed E-state index contributed by atoms with van der Waals surface area (Å²) >= 11 is 0. The van der Waals surface area contributed by atoms with Gasteiger partial charge in [0.2, 0.25) is 17.7 Å². The van der Waals surface area contributed by atoms with Crippen molar-refractivity contribution in [3.8, 4) is 22.5 Å². The van der Waals surface area contributed by atoms with E-state index < -0.39 is 6.04 Å². The smallest absolute Gasteiger partial charge is 0.259 e. The quantitative estimate of drug-likeness (QED) is 0.388. The normalized spacial score (nSPS) is 14.8. The number of unbranched alkanes of at least 4 members (excludes halogenated alkanes) is 1. The number of benzene rings is 2. The molecule has 2 aromatic heterocycles. The molecule has 2 N–H and O–H groups in total. The summed E-state index contributed by atoms with van der Waals surface area (Å²) in [6.07, 6.45) is 3.08. The highest BCUT2D eigenvalue weighted by atomic mass is 16.2. The summed E-state index contributed by atoms with van der Waals surface area (Å²) in [5.41, 5.74) is 5.21. The van der Waals surface area contributed by atoms with Crippen LogP contribution >= 0.6 is 0 Å². The zero-order valence-electron chi connectivity index (χ0n) is 20.7. The van der Waals surface area contributed by atoms with Crippen LogP contribution < -0.4 is 10.9 Å². The number of fused-ring (bicyclic) bond motifs is 1. The van der Waals surface area contributed by atoms with E-state index in [9.17, 15) is 9.59 Å². The number of hydrogen-bond donors (Lipinski definition) is 2. The van der Waals surface area contributed by atoms with Gasteiger partial charge in [-0.05, 0) is 40.7 Å². The fourth-order valence-corrected chi connectivity index (χ4v) is 4.80. The molecular formula is C27H29N7O2. The maximum absolute atomic E-state index is 13.7. The van der Waals surface area contributed by atoms with E-state index in [4.69, 9.17) is 4.98 Å². The molecule has 1 amide bonds. The third kappa shape index (κ3) is 4.32. The van der Waals surface area contributed by atoms with Crippen molar-refractivity contribution in [2.45, 2.75) is 52.5 Å². The molecule has 36 heavy (non-hydrogen) atoms. The first-order valence-electron chi connectivity index (χ1n) is 12.3. The summed E-state index contributed by atoms with van der Waals surface area (Å²) in [6, 6.07) is 15.5. The van der Waals surface area contributed by atoms with E-state index in [-0.39, 0.29) is 17.4 Å². The van der Waals surface area contributed by atoms with Crippen molar-refractivity contribution >= 4 is 11.9 Å². The molecule has 1 atom stereocenters. The van der Waals surface area contributed by atoms with E-state index >= 15 is 0 Å². The number of carbonyl (C=O) groups is 1. The average Bonchev–Trinajstić information content (AvgIpc) is 3.53. The summed E-state index contributed by atoms with van der Waals surface area (Å²) in [5.74, 6) is 0.721. The predicted octanol–water partition coefficient (Wildman–Crippen LogP) is 4.17. The first-order valence-corrected chi connectivity index (χ1v) is 12.3. The minimum atomic E-state index is -0.539. The van der Waals surface area contributed by atoms with E-state index in [1.165, 1.54) is 0 Å². The summed E-state index contributed by atoms with van der Waals surface area (Å²) < 4.78 is 1.55. The van der Waals surface area contributed by atoms with Crippen LogP contribution in [0.5, 0.6) is 0 Å². The Hall–Kier alpha value is -4.14. The van der Waals surface area contributed by atoms with Gasteiger partial charge in [-0.1, -0.05) is 75.7 Å². The van der Waals surface area contributed by atoms with E-state index in [2.05, 4.69) is 32.9 Å². The van der Waals surface area contributed by atoms with Crippen LogP contribution in [0.15, 0.2) is 53.3 Å². The highest BCUT2D eigenvalue weighted by molar-refractivity contribution is 5.96. The van der Waals surface area contributed by atoms with Gasteiger partial charge in [0.25, 0.3) is 5.56 Å². The summed E-state index contributed by atoms with van der Waals surface area (Å²) in [7, 11) is 0. The van der Waals surface area contributed by atoms with Crippen LogP contribution in [-0.4, -0.2) is 36.1 Å². The highest BCUT2D eigenvalue weighted by Gasteiger charge is 2.36. The van der Waals surface area contributed by atoms with Gasteiger partial charge < -0.3 is 0 Å². The second-order valence-corrected chi connectivity index (χ2v) is 9.47. The van der Waals surface area contributed by atoms with Gasteiger partial charge in [0, 0.05) is 17.5 Å². The second-order valence-electron chi connectivity index (χ2n) is 9.47. The third-order valence-corrected chi connectivity index (χ3v) is 6.63. The molecule has 1 unspecified atom stereocenters. The molecule has 9 nitrogen and oxygen atoms in total. The largest absolute Gasteiger partial charge is 0.294 e. The Morgan fingerprint density at radius 2 is 1.78 bits per heavy atom. The predicted molar refractivity (Wildman–Crippen MR) is 137 cm³/mol. The van der Waals surface area contributed by atoms with Crippen LogP contribution in [0.2, 0.25) is 0 Å². The monoisotopic (exact) mass is 483 g/mol. The van der Waals surface area contributed by atoms with Gasteiger partial charge in [0.1, 0.15) is 6.04 Å². The Labute approximate surface area is 209 Å². The Kier molecular flexibility index (Phi) is 6.45. The lowest BCUT2D eigenvalue weighted by Gasteiger charge is -2.17. The number of carbonyl (C=O) groups excluding carboxylic acids is 1. The standard InChI is InChI=1S/C27H29N7O2/c1-4-5-10-22-21(26(36)34-23(16(2)3)25(35)29-27(34)28-22)15-17-11-13-18(14-12-17)19-8-6-7-9-20(19)24-30-32-33-31-24/h6-9,11-14,16,23H,4-5,10,15H2,1-3H3,(H,28,29,35)(H,30,31,32,33). The minimum absolute atomic E-state index is 0.0151. The van der Waals surface area contributed by atoms with Crippen molar-refractivity contribution < 1.29 is 4.79 Å². The number of tetrazole rings is 1. The van der Waals surface area contributed by atoms with E-state index in [1.54, 1.807) is 4.57 Å². The molecule has 0 fully saturated rings. The number of amides is 1. The fourth-order valence-electron chi connectivity index (χ4n) is 4.80. The van der Waals surface area contributed by atoms with Gasteiger partial charge in [-0.3, -0.25) is 19.5 Å². The van der Waals surface area contributed by atoms with Crippen molar-refractivity contribution in [2.24, 2.45) is 5.92 Å². The zero-order valence-corrected chi connectivity index (χ0v) is 20.7. The van der Waals surface area contributed by atoms with Gasteiger partial charge >= 0.3 is 0 Å². The molecule has 0 radical (unpaired) electrons. The second kappa shape index (κ2) is 9.85. The molecule has 1 aliphatic heterocycles. The first-order chi connectivity index (χ1) is 17.5. The van der Waals surface area contributed by atoms with Crippen molar-refractivity contribution in [1.82, 2.24) is 30.2 Å². The molecule has 9 heteroatoms. The summed E-state index contributed by atoms with van der Waals surface area (Å²) in [6.45, 7) is 6.00. The Balaban J connectivity index is 1.50. The number of anilines is 1. The van der Waals surface area contributed by atoms with Crippen LogP contribution in [0.4, 0.5) is 5.95 Å². The number of rotatable bonds is 8. The number of hydrogen-bond acceptors (Lipinski definition) is 6. The Bertz CT molecular complexity index is 1440. The van der Waals surface area contributed by atoms with Crippen LogP contribution in [0.1, 0.15) is 56.5 Å². The Morgan fingerprint density at radius 1 is 1.03 bits per heavy atom.